The number of aliphatic hydroxyl groups excluding tert-OH is 2. The lowest BCUT2D eigenvalue weighted by Crippen LogP contribution is -2.33. The summed E-state index contributed by atoms with van der Waals surface area (Å²) in [6.07, 6.45) is -0.598. The number of rotatable bonds is 11. The molecule has 0 saturated heterocycles. The third-order valence-electron chi connectivity index (χ3n) is 2.52. The smallest absolute Gasteiger partial charge is 0.123 e. The summed E-state index contributed by atoms with van der Waals surface area (Å²) in [7, 11) is 1.59. The van der Waals surface area contributed by atoms with Crippen molar-refractivity contribution in [3.63, 3.8) is 0 Å². The van der Waals surface area contributed by atoms with Gasteiger partial charge in [-0.2, -0.15) is 0 Å². The van der Waals surface area contributed by atoms with Crippen molar-refractivity contribution < 1.29 is 24.4 Å². The van der Waals surface area contributed by atoms with Crippen LogP contribution in [0.5, 0.6) is 11.5 Å². The first kappa shape index (κ1) is 16.7. The van der Waals surface area contributed by atoms with E-state index in [0.717, 1.165) is 5.75 Å². The second-order valence-electron chi connectivity index (χ2n) is 4.18. The fourth-order valence-electron chi connectivity index (χ4n) is 1.52. The molecule has 0 saturated carbocycles. The summed E-state index contributed by atoms with van der Waals surface area (Å²) in [5, 5.41) is 21.3. The molecule has 1 unspecified atom stereocenters. The molecule has 6 heteroatoms. The molecule has 0 bridgehead atoms. The standard InChI is InChI=1S/C14H23NO5/c1-18-13-3-2-4-14(9-13)20-11-12(17)10-15-5-7-19-8-6-16/h2-4,9,12,15-17H,5-8,10-11H2,1H3. The third-order valence-corrected chi connectivity index (χ3v) is 2.52. The van der Waals surface area contributed by atoms with Gasteiger partial charge in [0.05, 0.1) is 26.9 Å². The van der Waals surface area contributed by atoms with Crippen LogP contribution in [-0.2, 0) is 4.74 Å². The molecule has 0 spiro atoms. The van der Waals surface area contributed by atoms with Crippen LogP contribution in [0.1, 0.15) is 0 Å². The molecular weight excluding hydrogens is 262 g/mol. The van der Waals surface area contributed by atoms with Gasteiger partial charge in [0.1, 0.15) is 24.2 Å². The third kappa shape index (κ3) is 7.30. The number of hydrogen-bond donors (Lipinski definition) is 3. The van der Waals surface area contributed by atoms with Gasteiger partial charge >= 0.3 is 0 Å². The molecule has 0 aliphatic carbocycles. The van der Waals surface area contributed by atoms with E-state index < -0.39 is 6.10 Å². The predicted octanol–water partition coefficient (Wildman–Crippen LogP) is 0.0334. The largest absolute Gasteiger partial charge is 0.497 e. The topological polar surface area (TPSA) is 80.2 Å². The molecule has 1 aromatic carbocycles. The number of aliphatic hydroxyl groups is 2. The molecule has 6 nitrogen and oxygen atoms in total. The monoisotopic (exact) mass is 285 g/mol. The van der Waals surface area contributed by atoms with Crippen LogP contribution in [0.25, 0.3) is 0 Å². The van der Waals surface area contributed by atoms with Crippen LogP contribution in [0.2, 0.25) is 0 Å². The Bertz CT molecular complexity index is 361. The molecule has 0 aliphatic heterocycles. The number of benzene rings is 1. The molecule has 0 heterocycles. The lowest BCUT2D eigenvalue weighted by atomic mass is 10.3. The van der Waals surface area contributed by atoms with Gasteiger partial charge in [-0.1, -0.05) is 6.07 Å². The van der Waals surface area contributed by atoms with Crippen molar-refractivity contribution >= 4 is 0 Å². The van der Waals surface area contributed by atoms with Gasteiger partial charge in [0.25, 0.3) is 0 Å². The van der Waals surface area contributed by atoms with E-state index in [1.54, 1.807) is 13.2 Å². The molecule has 0 amide bonds. The van der Waals surface area contributed by atoms with E-state index in [4.69, 9.17) is 19.3 Å². The molecule has 1 atom stereocenters. The van der Waals surface area contributed by atoms with Gasteiger partial charge in [0, 0.05) is 19.2 Å². The molecule has 1 aromatic rings. The van der Waals surface area contributed by atoms with Gasteiger partial charge in [-0.25, -0.2) is 0 Å². The zero-order valence-corrected chi connectivity index (χ0v) is 11.7. The normalized spacial score (nSPS) is 12.2. The summed E-state index contributed by atoms with van der Waals surface area (Å²) >= 11 is 0. The first-order chi connectivity index (χ1) is 9.76. The van der Waals surface area contributed by atoms with E-state index in [0.29, 0.717) is 32.1 Å². The van der Waals surface area contributed by atoms with E-state index in [2.05, 4.69) is 5.32 Å². The number of ether oxygens (including phenoxy) is 3. The van der Waals surface area contributed by atoms with E-state index in [1.165, 1.54) is 0 Å². The first-order valence-corrected chi connectivity index (χ1v) is 6.60. The van der Waals surface area contributed by atoms with Crippen LogP contribution in [0.3, 0.4) is 0 Å². The van der Waals surface area contributed by atoms with Crippen LogP contribution in [0.15, 0.2) is 24.3 Å². The van der Waals surface area contributed by atoms with Crippen molar-refractivity contribution in [3.05, 3.63) is 24.3 Å². The molecule has 0 fully saturated rings. The minimum Gasteiger partial charge on any atom is -0.497 e. The number of nitrogens with one attached hydrogen (secondary N) is 1. The summed E-state index contributed by atoms with van der Waals surface area (Å²) in [6.45, 7) is 2.12. The molecule has 0 radical (unpaired) electrons. The SMILES string of the molecule is COc1cccc(OCC(O)CNCCOCCO)c1. The molecule has 1 rings (SSSR count). The summed E-state index contributed by atoms with van der Waals surface area (Å²) in [5.41, 5.74) is 0. The zero-order chi connectivity index (χ0) is 14.6. The summed E-state index contributed by atoms with van der Waals surface area (Å²) < 4.78 is 15.6. The highest BCUT2D eigenvalue weighted by molar-refractivity contribution is 5.32. The van der Waals surface area contributed by atoms with Crippen molar-refractivity contribution in [2.24, 2.45) is 0 Å². The summed E-state index contributed by atoms with van der Waals surface area (Å²) in [6, 6.07) is 7.24. The number of hydrogen-bond acceptors (Lipinski definition) is 6. The van der Waals surface area contributed by atoms with Gasteiger partial charge in [0.2, 0.25) is 0 Å². The van der Waals surface area contributed by atoms with E-state index in [1.807, 2.05) is 18.2 Å². The fraction of sp³-hybridized carbons (Fsp3) is 0.571. The Morgan fingerprint density at radius 2 is 2.05 bits per heavy atom. The molecule has 0 aromatic heterocycles. The van der Waals surface area contributed by atoms with Crippen molar-refractivity contribution in [3.8, 4) is 11.5 Å². The van der Waals surface area contributed by atoms with Crippen LogP contribution < -0.4 is 14.8 Å². The van der Waals surface area contributed by atoms with Gasteiger partial charge in [0.15, 0.2) is 0 Å². The second-order valence-corrected chi connectivity index (χ2v) is 4.18. The molecular formula is C14H23NO5. The Morgan fingerprint density at radius 3 is 2.80 bits per heavy atom. The van der Waals surface area contributed by atoms with Gasteiger partial charge in [-0.15, -0.1) is 0 Å². The van der Waals surface area contributed by atoms with Gasteiger partial charge in [-0.05, 0) is 12.1 Å². The Labute approximate surface area is 119 Å². The minimum absolute atomic E-state index is 0.0248. The number of methoxy groups -OCH3 is 1. The maximum absolute atomic E-state index is 9.74. The van der Waals surface area contributed by atoms with Gasteiger partial charge in [-0.3, -0.25) is 0 Å². The highest BCUT2D eigenvalue weighted by Crippen LogP contribution is 2.18. The van der Waals surface area contributed by atoms with Crippen molar-refractivity contribution in [1.82, 2.24) is 5.32 Å². The van der Waals surface area contributed by atoms with E-state index in [9.17, 15) is 5.11 Å². The Balaban J connectivity index is 2.11. The minimum atomic E-state index is -0.598. The first-order valence-electron chi connectivity index (χ1n) is 6.60. The Kier molecular flexibility index (Phi) is 8.73. The zero-order valence-electron chi connectivity index (χ0n) is 11.7. The van der Waals surface area contributed by atoms with Crippen molar-refractivity contribution in [2.75, 3.05) is 46.6 Å². The van der Waals surface area contributed by atoms with Crippen LogP contribution in [0, 0.1) is 0 Å². The van der Waals surface area contributed by atoms with Crippen molar-refractivity contribution in [2.45, 2.75) is 6.10 Å². The molecule has 114 valence electrons. The Morgan fingerprint density at radius 1 is 1.25 bits per heavy atom. The van der Waals surface area contributed by atoms with E-state index in [-0.39, 0.29) is 13.2 Å². The van der Waals surface area contributed by atoms with Crippen molar-refractivity contribution in [1.29, 1.82) is 0 Å². The lowest BCUT2D eigenvalue weighted by Gasteiger charge is -2.13. The maximum atomic E-state index is 9.74. The predicted molar refractivity (Wildman–Crippen MR) is 75.3 cm³/mol. The van der Waals surface area contributed by atoms with E-state index >= 15 is 0 Å². The highest BCUT2D eigenvalue weighted by Gasteiger charge is 2.05. The summed E-state index contributed by atoms with van der Waals surface area (Å²) in [5.74, 6) is 1.38. The van der Waals surface area contributed by atoms with Crippen LogP contribution >= 0.6 is 0 Å². The quantitative estimate of drug-likeness (QED) is 0.498. The van der Waals surface area contributed by atoms with Gasteiger partial charge < -0.3 is 29.7 Å². The Hall–Kier alpha value is -1.34. The average Bonchev–Trinajstić information content (AvgIpc) is 2.49. The molecule has 20 heavy (non-hydrogen) atoms. The highest BCUT2D eigenvalue weighted by atomic mass is 16.5. The lowest BCUT2D eigenvalue weighted by molar-refractivity contribution is 0.0842. The summed E-state index contributed by atoms with van der Waals surface area (Å²) in [4.78, 5) is 0. The average molecular weight is 285 g/mol. The molecule has 3 N–H and O–H groups in total. The maximum Gasteiger partial charge on any atom is 0.123 e. The van der Waals surface area contributed by atoms with Crippen LogP contribution in [-0.4, -0.2) is 62.9 Å². The van der Waals surface area contributed by atoms with Crippen LogP contribution in [0.4, 0.5) is 0 Å². The second kappa shape index (κ2) is 10.4. The fourth-order valence-corrected chi connectivity index (χ4v) is 1.52. The molecule has 0 aliphatic rings.